The molecule has 11 heteroatoms. The molecule has 5 rings (SSSR count). The van der Waals surface area contributed by atoms with Crippen LogP contribution in [0.25, 0.3) is 11.0 Å². The number of hydrogen-bond acceptors (Lipinski definition) is 8. The van der Waals surface area contributed by atoms with Crippen molar-refractivity contribution in [3.63, 3.8) is 0 Å². The van der Waals surface area contributed by atoms with Crippen LogP contribution >= 0.6 is 0 Å². The van der Waals surface area contributed by atoms with Crippen molar-refractivity contribution in [3.05, 3.63) is 66.2 Å². The zero-order valence-electron chi connectivity index (χ0n) is 24.4. The van der Waals surface area contributed by atoms with Crippen LogP contribution in [0.15, 0.2) is 60.7 Å². The molecule has 0 aliphatic carbocycles. The van der Waals surface area contributed by atoms with Crippen molar-refractivity contribution >= 4 is 28.5 Å². The summed E-state index contributed by atoms with van der Waals surface area (Å²) in [5, 5.41) is 11.5. The molecule has 1 aliphatic heterocycles. The van der Waals surface area contributed by atoms with Crippen LogP contribution in [0.2, 0.25) is 0 Å². The van der Waals surface area contributed by atoms with E-state index in [0.29, 0.717) is 64.9 Å². The molecule has 1 atom stereocenters. The quantitative estimate of drug-likeness (QED) is 0.299. The lowest BCUT2D eigenvalue weighted by Crippen LogP contribution is -2.51. The average Bonchev–Trinajstić information content (AvgIpc) is 3.41. The van der Waals surface area contributed by atoms with Crippen molar-refractivity contribution in [2.45, 2.75) is 45.3 Å². The SMILES string of the molecule is CCC(C)(C)NC(=O)[C@H](c1ccc(OC)cc1OC)N(C(=O)Cn1nnc2ccccc21)c1ccc2c(c1)OCCO2. The highest BCUT2D eigenvalue weighted by atomic mass is 16.6. The molecule has 1 aromatic heterocycles. The number of nitrogens with zero attached hydrogens (tertiary/aromatic N) is 4. The molecule has 0 bridgehead atoms. The van der Waals surface area contributed by atoms with Gasteiger partial charge in [-0.1, -0.05) is 24.3 Å². The lowest BCUT2D eigenvalue weighted by Gasteiger charge is -2.35. The van der Waals surface area contributed by atoms with Gasteiger partial charge in [0.15, 0.2) is 11.5 Å². The Hall–Kier alpha value is -4.80. The summed E-state index contributed by atoms with van der Waals surface area (Å²) in [5.74, 6) is 1.22. The van der Waals surface area contributed by atoms with E-state index in [-0.39, 0.29) is 12.5 Å². The minimum absolute atomic E-state index is 0.172. The summed E-state index contributed by atoms with van der Waals surface area (Å²) in [4.78, 5) is 30.2. The molecule has 1 aliphatic rings. The Morgan fingerprint density at radius 2 is 1.79 bits per heavy atom. The molecule has 3 aromatic carbocycles. The number of carbonyl (C=O) groups is 2. The average molecular weight is 574 g/mol. The van der Waals surface area contributed by atoms with E-state index in [1.165, 1.54) is 16.7 Å². The number of nitrogens with one attached hydrogen (secondary N) is 1. The van der Waals surface area contributed by atoms with Gasteiger partial charge in [-0.15, -0.1) is 5.10 Å². The summed E-state index contributed by atoms with van der Waals surface area (Å²) in [7, 11) is 3.07. The van der Waals surface area contributed by atoms with Crippen LogP contribution in [0.3, 0.4) is 0 Å². The first kappa shape index (κ1) is 28.7. The van der Waals surface area contributed by atoms with Gasteiger partial charge >= 0.3 is 0 Å². The summed E-state index contributed by atoms with van der Waals surface area (Å²) in [6, 6.07) is 16.6. The molecule has 1 N–H and O–H groups in total. The topological polar surface area (TPSA) is 117 Å². The molecular weight excluding hydrogens is 538 g/mol. The van der Waals surface area contributed by atoms with Crippen molar-refractivity contribution in [1.29, 1.82) is 0 Å². The summed E-state index contributed by atoms with van der Waals surface area (Å²) < 4.78 is 24.2. The summed E-state index contributed by atoms with van der Waals surface area (Å²) >= 11 is 0. The first-order valence-electron chi connectivity index (χ1n) is 13.8. The van der Waals surface area contributed by atoms with Crippen LogP contribution in [0.5, 0.6) is 23.0 Å². The molecule has 220 valence electrons. The van der Waals surface area contributed by atoms with Gasteiger partial charge in [-0.05, 0) is 56.7 Å². The number of ether oxygens (including phenoxy) is 4. The predicted molar refractivity (Wildman–Crippen MR) is 157 cm³/mol. The molecule has 0 radical (unpaired) electrons. The Balaban J connectivity index is 1.67. The number of amides is 2. The van der Waals surface area contributed by atoms with E-state index < -0.39 is 17.5 Å². The lowest BCUT2D eigenvalue weighted by atomic mass is 9.97. The van der Waals surface area contributed by atoms with E-state index in [1.807, 2.05) is 45.0 Å². The fourth-order valence-corrected chi connectivity index (χ4v) is 4.79. The van der Waals surface area contributed by atoms with Crippen LogP contribution in [-0.4, -0.2) is 59.8 Å². The van der Waals surface area contributed by atoms with Crippen molar-refractivity contribution < 1.29 is 28.5 Å². The van der Waals surface area contributed by atoms with E-state index in [1.54, 1.807) is 43.5 Å². The van der Waals surface area contributed by atoms with E-state index in [0.717, 1.165) is 0 Å². The molecule has 2 heterocycles. The second-order valence-electron chi connectivity index (χ2n) is 10.6. The number of hydrogen-bond donors (Lipinski definition) is 1. The zero-order valence-corrected chi connectivity index (χ0v) is 24.4. The van der Waals surface area contributed by atoms with E-state index in [2.05, 4.69) is 15.6 Å². The van der Waals surface area contributed by atoms with Crippen molar-refractivity contribution in [2.75, 3.05) is 32.3 Å². The third-order valence-electron chi connectivity index (χ3n) is 7.37. The van der Waals surface area contributed by atoms with Crippen molar-refractivity contribution in [3.8, 4) is 23.0 Å². The minimum atomic E-state index is -1.12. The maximum atomic E-state index is 14.4. The smallest absolute Gasteiger partial charge is 0.249 e. The summed E-state index contributed by atoms with van der Waals surface area (Å²) in [5.41, 5.74) is 1.74. The van der Waals surface area contributed by atoms with Crippen molar-refractivity contribution in [1.82, 2.24) is 20.3 Å². The molecule has 0 unspecified atom stereocenters. The van der Waals surface area contributed by atoms with Gasteiger partial charge in [0.2, 0.25) is 11.8 Å². The highest BCUT2D eigenvalue weighted by Gasteiger charge is 2.37. The summed E-state index contributed by atoms with van der Waals surface area (Å²) in [6.07, 6.45) is 0.675. The highest BCUT2D eigenvalue weighted by molar-refractivity contribution is 6.02. The Kier molecular flexibility index (Phi) is 8.19. The van der Waals surface area contributed by atoms with E-state index in [4.69, 9.17) is 18.9 Å². The summed E-state index contributed by atoms with van der Waals surface area (Å²) in [6.45, 7) is 6.48. The maximum Gasteiger partial charge on any atom is 0.249 e. The minimum Gasteiger partial charge on any atom is -0.497 e. The fraction of sp³-hybridized carbons (Fsp3) is 0.355. The Morgan fingerprint density at radius 1 is 1.02 bits per heavy atom. The largest absolute Gasteiger partial charge is 0.497 e. The van der Waals surface area contributed by atoms with Crippen LogP contribution in [0.4, 0.5) is 5.69 Å². The Bertz CT molecular complexity index is 1600. The number of anilines is 1. The predicted octanol–water partition coefficient (Wildman–Crippen LogP) is 4.30. The number of aromatic nitrogens is 3. The van der Waals surface area contributed by atoms with E-state index in [9.17, 15) is 9.59 Å². The van der Waals surface area contributed by atoms with Crippen LogP contribution < -0.4 is 29.2 Å². The third-order valence-corrected chi connectivity index (χ3v) is 7.37. The molecule has 0 saturated carbocycles. The first-order valence-corrected chi connectivity index (χ1v) is 13.8. The van der Waals surface area contributed by atoms with Gasteiger partial charge in [0.05, 0.1) is 19.7 Å². The number of rotatable bonds is 10. The molecule has 0 spiro atoms. The number of fused-ring (bicyclic) bond motifs is 2. The van der Waals surface area contributed by atoms with Crippen LogP contribution in [0.1, 0.15) is 38.8 Å². The van der Waals surface area contributed by atoms with E-state index >= 15 is 0 Å². The number of para-hydroxylation sites is 1. The Labute approximate surface area is 244 Å². The molecule has 11 nitrogen and oxygen atoms in total. The van der Waals surface area contributed by atoms with Gasteiger partial charge in [-0.3, -0.25) is 14.5 Å². The number of methoxy groups -OCH3 is 2. The second-order valence-corrected chi connectivity index (χ2v) is 10.6. The van der Waals surface area contributed by atoms with Crippen LogP contribution in [-0.2, 0) is 16.1 Å². The Morgan fingerprint density at radius 3 is 2.52 bits per heavy atom. The molecule has 2 amide bonds. The monoisotopic (exact) mass is 573 g/mol. The first-order chi connectivity index (χ1) is 20.2. The van der Waals surface area contributed by atoms with Gasteiger partial charge in [-0.25, -0.2) is 4.68 Å². The normalized spacial score (nSPS) is 13.4. The van der Waals surface area contributed by atoms with Crippen LogP contribution in [0, 0.1) is 0 Å². The van der Waals surface area contributed by atoms with Gasteiger partial charge in [-0.2, -0.15) is 0 Å². The highest BCUT2D eigenvalue weighted by Crippen LogP contribution is 2.40. The third kappa shape index (κ3) is 5.81. The molecule has 4 aromatic rings. The second kappa shape index (κ2) is 12.0. The maximum absolute atomic E-state index is 14.4. The van der Waals surface area contributed by atoms with Gasteiger partial charge in [0, 0.05) is 28.9 Å². The standard InChI is InChI=1S/C31H35N5O6/c1-6-31(2,3)32-30(38)29(22-13-12-21(39-4)18-26(22)40-5)36(20-11-14-25-27(17-20)42-16-15-41-25)28(37)19-35-24-10-8-7-9-23(24)33-34-35/h7-14,17-18,29H,6,15-16,19H2,1-5H3,(H,32,38)/t29-/m0/s1. The molecule has 0 fully saturated rings. The van der Waals surface area contributed by atoms with Gasteiger partial charge in [0.25, 0.3) is 0 Å². The fourth-order valence-electron chi connectivity index (χ4n) is 4.79. The zero-order chi connectivity index (χ0) is 29.9. The van der Waals surface area contributed by atoms with Gasteiger partial charge < -0.3 is 24.3 Å². The van der Waals surface area contributed by atoms with Crippen molar-refractivity contribution in [2.24, 2.45) is 0 Å². The molecule has 42 heavy (non-hydrogen) atoms. The molecule has 0 saturated heterocycles. The number of benzene rings is 3. The van der Waals surface area contributed by atoms with Gasteiger partial charge in [0.1, 0.15) is 42.8 Å². The molecular formula is C31H35N5O6. The lowest BCUT2D eigenvalue weighted by molar-refractivity contribution is -0.128. The number of carbonyl (C=O) groups excluding carboxylic acids is 2.